The van der Waals surface area contributed by atoms with Crippen LogP contribution in [0.3, 0.4) is 0 Å². The number of carbonyl (C=O) groups is 2. The zero-order chi connectivity index (χ0) is 19.1. The van der Waals surface area contributed by atoms with E-state index in [4.69, 9.17) is 5.73 Å². The Morgan fingerprint density at radius 1 is 1.09 bits per heavy atom. The third kappa shape index (κ3) is 20.0. The summed E-state index contributed by atoms with van der Waals surface area (Å²) in [7, 11) is 0. The summed E-state index contributed by atoms with van der Waals surface area (Å²) in [5.74, 6) is -4.07. The molecule has 0 fully saturated rings. The van der Waals surface area contributed by atoms with Crippen LogP contribution in [0, 0.1) is 0 Å². The minimum atomic E-state index is -4.85. The second-order valence-corrected chi connectivity index (χ2v) is 3.24. The zero-order valence-electron chi connectivity index (χ0n) is 12.3. The van der Waals surface area contributed by atoms with E-state index in [1.807, 2.05) is 0 Å². The Labute approximate surface area is 129 Å². The van der Waals surface area contributed by atoms with Gasteiger partial charge in [0.2, 0.25) is 0 Å². The van der Waals surface area contributed by atoms with E-state index in [1.165, 1.54) is 13.0 Å². The maximum absolute atomic E-state index is 11.3. The first-order valence-electron chi connectivity index (χ1n) is 5.89. The standard InChI is InChI=1S/C5H6F3NO.C4H5F3O2.C3H7N/c1-2-3-9-4(10)5(6,7)8;1-2-9-3(8)4(5,6)7;1-2-3-4/h2H,1,3H2,(H,9,10);2H2,1H3;2H,1,3-4H2. The average Bonchev–Trinajstić information content (AvgIpc) is 2.44. The van der Waals surface area contributed by atoms with Crippen LogP contribution in [0.25, 0.3) is 0 Å². The molecule has 0 bridgehead atoms. The smallest absolute Gasteiger partial charge is 0.459 e. The monoisotopic (exact) mass is 352 g/mol. The topological polar surface area (TPSA) is 81.4 Å². The number of nitrogens with two attached hydrogens (primary N) is 1. The summed E-state index contributed by atoms with van der Waals surface area (Å²) in [5.41, 5.74) is 4.91. The molecule has 0 heterocycles. The number of halogens is 6. The molecule has 0 spiro atoms. The molecule has 0 aromatic rings. The Kier molecular flexibility index (Phi) is 15.3. The lowest BCUT2D eigenvalue weighted by Crippen LogP contribution is -2.36. The van der Waals surface area contributed by atoms with Crippen LogP contribution >= 0.6 is 0 Å². The van der Waals surface area contributed by atoms with E-state index in [2.05, 4.69) is 17.9 Å². The Morgan fingerprint density at radius 3 is 1.70 bits per heavy atom. The Balaban J connectivity index is -0.000000284. The summed E-state index contributed by atoms with van der Waals surface area (Å²) in [6, 6.07) is 0. The van der Waals surface area contributed by atoms with E-state index in [9.17, 15) is 35.9 Å². The fourth-order valence-corrected chi connectivity index (χ4v) is 0.478. The van der Waals surface area contributed by atoms with Crippen molar-refractivity contribution in [3.8, 4) is 0 Å². The molecule has 23 heavy (non-hydrogen) atoms. The van der Waals surface area contributed by atoms with Crippen molar-refractivity contribution in [3.63, 3.8) is 0 Å². The van der Waals surface area contributed by atoms with Gasteiger partial charge in [-0.2, -0.15) is 26.3 Å². The molecular formula is C12H18F6N2O3. The number of rotatable bonds is 4. The van der Waals surface area contributed by atoms with Crippen LogP contribution in [0.15, 0.2) is 25.3 Å². The van der Waals surface area contributed by atoms with E-state index < -0.39 is 24.2 Å². The average molecular weight is 352 g/mol. The molecule has 0 aliphatic carbocycles. The Bertz CT molecular complexity index is 367. The first kappa shape index (κ1) is 25.9. The van der Waals surface area contributed by atoms with Crippen LogP contribution in [-0.4, -0.2) is 43.9 Å². The summed E-state index contributed by atoms with van der Waals surface area (Å²) in [4.78, 5) is 19.7. The van der Waals surface area contributed by atoms with Gasteiger partial charge >= 0.3 is 24.2 Å². The van der Waals surface area contributed by atoms with Gasteiger partial charge in [0.05, 0.1) is 6.61 Å². The lowest BCUT2D eigenvalue weighted by Gasteiger charge is -2.04. The molecule has 0 atom stereocenters. The van der Waals surface area contributed by atoms with Crippen molar-refractivity contribution < 1.29 is 40.7 Å². The minimum Gasteiger partial charge on any atom is -0.459 e. The molecule has 0 saturated carbocycles. The number of amides is 1. The molecular weight excluding hydrogens is 334 g/mol. The lowest BCUT2D eigenvalue weighted by atomic mass is 10.5. The second-order valence-electron chi connectivity index (χ2n) is 3.24. The second kappa shape index (κ2) is 13.6. The SMILES string of the molecule is C=CCN.C=CCNC(=O)C(F)(F)F.CCOC(=O)C(F)(F)F. The van der Waals surface area contributed by atoms with E-state index in [-0.39, 0.29) is 13.2 Å². The van der Waals surface area contributed by atoms with E-state index in [0.717, 1.165) is 0 Å². The van der Waals surface area contributed by atoms with Crippen LogP contribution in [0.4, 0.5) is 26.3 Å². The number of hydrogen-bond donors (Lipinski definition) is 2. The summed E-state index contributed by atoms with van der Waals surface area (Å²) < 4.78 is 71.1. The highest BCUT2D eigenvalue weighted by molar-refractivity contribution is 5.81. The highest BCUT2D eigenvalue weighted by Gasteiger charge is 2.40. The van der Waals surface area contributed by atoms with Crippen LogP contribution in [0.1, 0.15) is 6.92 Å². The summed E-state index contributed by atoms with van der Waals surface area (Å²) in [6.07, 6.45) is -6.82. The molecule has 0 radical (unpaired) electrons. The first-order valence-corrected chi connectivity index (χ1v) is 5.89. The third-order valence-electron chi connectivity index (χ3n) is 1.34. The number of esters is 1. The summed E-state index contributed by atoms with van der Waals surface area (Å²) >= 11 is 0. The molecule has 0 rings (SSSR count). The predicted octanol–water partition coefficient (Wildman–Crippen LogP) is 2.09. The number of alkyl halides is 6. The normalized spacial score (nSPS) is 10.1. The van der Waals surface area contributed by atoms with Gasteiger partial charge in [-0.3, -0.25) is 4.79 Å². The van der Waals surface area contributed by atoms with Gasteiger partial charge in [0, 0.05) is 13.1 Å². The van der Waals surface area contributed by atoms with Crippen LogP contribution in [0.2, 0.25) is 0 Å². The first-order chi connectivity index (χ1) is 10.4. The molecule has 3 N–H and O–H groups in total. The molecule has 0 aliphatic rings. The fourth-order valence-electron chi connectivity index (χ4n) is 0.478. The maximum Gasteiger partial charge on any atom is 0.490 e. The van der Waals surface area contributed by atoms with Crippen molar-refractivity contribution in [1.29, 1.82) is 0 Å². The molecule has 0 aromatic heterocycles. The van der Waals surface area contributed by atoms with Crippen molar-refractivity contribution in [3.05, 3.63) is 25.3 Å². The molecule has 11 heteroatoms. The quantitative estimate of drug-likeness (QED) is 0.461. The van der Waals surface area contributed by atoms with Crippen molar-refractivity contribution in [1.82, 2.24) is 5.32 Å². The van der Waals surface area contributed by atoms with E-state index >= 15 is 0 Å². The summed E-state index contributed by atoms with van der Waals surface area (Å²) in [5, 5.41) is 1.59. The molecule has 0 saturated heterocycles. The van der Waals surface area contributed by atoms with Crippen LogP contribution < -0.4 is 11.1 Å². The van der Waals surface area contributed by atoms with Gasteiger partial charge < -0.3 is 15.8 Å². The van der Waals surface area contributed by atoms with Crippen molar-refractivity contribution in [2.45, 2.75) is 19.3 Å². The third-order valence-corrected chi connectivity index (χ3v) is 1.34. The van der Waals surface area contributed by atoms with Gasteiger partial charge in [-0.25, -0.2) is 4.79 Å². The number of ether oxygens (including phenoxy) is 1. The Hall–Kier alpha value is -2.04. The van der Waals surface area contributed by atoms with Crippen LogP contribution in [0.5, 0.6) is 0 Å². The van der Waals surface area contributed by atoms with Crippen molar-refractivity contribution >= 4 is 11.9 Å². The largest absolute Gasteiger partial charge is 0.490 e. The van der Waals surface area contributed by atoms with Crippen LogP contribution in [-0.2, 0) is 14.3 Å². The molecule has 5 nitrogen and oxygen atoms in total. The van der Waals surface area contributed by atoms with Gasteiger partial charge in [0.25, 0.3) is 0 Å². The minimum absolute atomic E-state index is 0.168. The Morgan fingerprint density at radius 2 is 1.52 bits per heavy atom. The molecule has 0 unspecified atom stereocenters. The highest BCUT2D eigenvalue weighted by atomic mass is 19.4. The highest BCUT2D eigenvalue weighted by Crippen LogP contribution is 2.15. The predicted molar refractivity (Wildman–Crippen MR) is 71.2 cm³/mol. The van der Waals surface area contributed by atoms with Gasteiger partial charge in [-0.05, 0) is 6.92 Å². The maximum atomic E-state index is 11.3. The van der Waals surface area contributed by atoms with Gasteiger partial charge in [0.1, 0.15) is 0 Å². The number of hydrogen-bond acceptors (Lipinski definition) is 4. The lowest BCUT2D eigenvalue weighted by molar-refractivity contribution is -0.199. The number of nitrogens with one attached hydrogen (secondary N) is 1. The van der Waals surface area contributed by atoms with Crippen molar-refractivity contribution in [2.75, 3.05) is 19.7 Å². The van der Waals surface area contributed by atoms with Crippen molar-refractivity contribution in [2.24, 2.45) is 5.73 Å². The zero-order valence-corrected chi connectivity index (χ0v) is 12.3. The molecule has 0 aliphatic heterocycles. The van der Waals surface area contributed by atoms with E-state index in [1.54, 1.807) is 11.4 Å². The van der Waals surface area contributed by atoms with E-state index in [0.29, 0.717) is 6.54 Å². The van der Waals surface area contributed by atoms with Gasteiger partial charge in [-0.15, -0.1) is 13.2 Å². The molecule has 136 valence electrons. The van der Waals surface area contributed by atoms with Gasteiger partial charge in [0.15, 0.2) is 0 Å². The summed E-state index contributed by atoms with van der Waals surface area (Å²) in [6.45, 7) is 7.96. The number of carbonyl (C=O) groups excluding carboxylic acids is 2. The molecule has 0 aromatic carbocycles. The molecule has 1 amide bonds. The van der Waals surface area contributed by atoms with Gasteiger partial charge in [-0.1, -0.05) is 12.2 Å². The fraction of sp³-hybridized carbons (Fsp3) is 0.500.